The van der Waals surface area contributed by atoms with Crippen molar-refractivity contribution in [3.63, 3.8) is 0 Å². The molecule has 7 aromatic carbocycles. The first-order valence-corrected chi connectivity index (χ1v) is 17.1. The van der Waals surface area contributed by atoms with Crippen molar-refractivity contribution in [1.82, 2.24) is 15.0 Å². The number of nitrogens with zero attached hydrogens (tertiary/aromatic N) is 3. The van der Waals surface area contributed by atoms with Crippen LogP contribution in [0.1, 0.15) is 38.2 Å². The van der Waals surface area contributed by atoms with Gasteiger partial charge in [0.15, 0.2) is 23.3 Å². The number of hydrogen-bond donors (Lipinski definition) is 0. The Labute approximate surface area is 296 Å². The molecule has 4 nitrogen and oxygen atoms in total. The first-order valence-electron chi connectivity index (χ1n) is 17.1. The number of rotatable bonds is 6. The summed E-state index contributed by atoms with van der Waals surface area (Å²) in [7, 11) is 0. The Balaban J connectivity index is 1.24. The number of ketones is 1. The molecule has 0 N–H and O–H groups in total. The molecule has 1 aliphatic carbocycles. The molecule has 1 heterocycles. The van der Waals surface area contributed by atoms with Gasteiger partial charge in [-0.1, -0.05) is 176 Å². The number of benzene rings is 7. The van der Waals surface area contributed by atoms with Crippen LogP contribution in [0, 0.1) is 0 Å². The van der Waals surface area contributed by atoms with Gasteiger partial charge in [-0.2, -0.15) is 0 Å². The number of carbonyl (C=O) groups is 1. The lowest BCUT2D eigenvalue weighted by molar-refractivity contribution is 0.103. The van der Waals surface area contributed by atoms with Gasteiger partial charge in [0.2, 0.25) is 0 Å². The van der Waals surface area contributed by atoms with Crippen LogP contribution in [0.4, 0.5) is 0 Å². The third-order valence-electron chi connectivity index (χ3n) is 9.81. The van der Waals surface area contributed by atoms with E-state index in [2.05, 4.69) is 78.9 Å². The zero-order chi connectivity index (χ0) is 34.2. The fourth-order valence-corrected chi connectivity index (χ4v) is 7.47. The van der Waals surface area contributed by atoms with Gasteiger partial charge in [0, 0.05) is 27.8 Å². The molecule has 4 heteroatoms. The van der Waals surface area contributed by atoms with Gasteiger partial charge >= 0.3 is 0 Å². The van der Waals surface area contributed by atoms with Crippen LogP contribution in [-0.2, 0) is 5.41 Å². The summed E-state index contributed by atoms with van der Waals surface area (Å²) in [5.41, 5.74) is 9.61. The fourth-order valence-electron chi connectivity index (χ4n) is 7.47. The van der Waals surface area contributed by atoms with Gasteiger partial charge in [-0.25, -0.2) is 15.0 Å². The Kier molecular flexibility index (Phi) is 7.48. The zero-order valence-corrected chi connectivity index (χ0v) is 27.6. The summed E-state index contributed by atoms with van der Waals surface area (Å²) < 4.78 is 0. The lowest BCUT2D eigenvalue weighted by atomic mass is 9.59. The molecule has 0 bridgehead atoms. The lowest BCUT2D eigenvalue weighted by Gasteiger charge is -2.42. The van der Waals surface area contributed by atoms with Crippen LogP contribution in [0.25, 0.3) is 45.3 Å². The molecule has 0 aliphatic heterocycles. The second-order valence-electron chi connectivity index (χ2n) is 12.7. The van der Waals surface area contributed by atoms with Crippen molar-refractivity contribution in [2.24, 2.45) is 0 Å². The highest BCUT2D eigenvalue weighted by Gasteiger charge is 2.46. The average Bonchev–Trinajstić information content (AvgIpc) is 3.22. The predicted molar refractivity (Wildman–Crippen MR) is 203 cm³/mol. The van der Waals surface area contributed by atoms with Gasteiger partial charge in [0.25, 0.3) is 0 Å². The minimum absolute atomic E-state index is 0.0375. The van der Waals surface area contributed by atoms with E-state index in [1.807, 2.05) is 109 Å². The van der Waals surface area contributed by atoms with E-state index in [1.165, 1.54) is 0 Å². The third-order valence-corrected chi connectivity index (χ3v) is 9.81. The Morgan fingerprint density at radius 1 is 0.333 bits per heavy atom. The maximum absolute atomic E-state index is 14.2. The van der Waals surface area contributed by atoms with Crippen LogP contribution in [0.15, 0.2) is 188 Å². The molecule has 0 amide bonds. The first kappa shape index (κ1) is 30.3. The van der Waals surface area contributed by atoms with Crippen molar-refractivity contribution in [2.75, 3.05) is 0 Å². The monoisotopic (exact) mass is 653 g/mol. The highest BCUT2D eigenvalue weighted by atomic mass is 16.1. The number of aromatic nitrogens is 3. The summed E-state index contributed by atoms with van der Waals surface area (Å²) in [6.07, 6.45) is 0. The van der Waals surface area contributed by atoms with Crippen molar-refractivity contribution in [1.29, 1.82) is 0 Å². The molecule has 8 aromatic rings. The van der Waals surface area contributed by atoms with E-state index in [-0.39, 0.29) is 5.78 Å². The summed E-state index contributed by atoms with van der Waals surface area (Å²) in [4.78, 5) is 29.0. The molecule has 9 rings (SSSR count). The van der Waals surface area contributed by atoms with Crippen molar-refractivity contribution < 1.29 is 4.79 Å². The summed E-state index contributed by atoms with van der Waals surface area (Å²) >= 11 is 0. The third kappa shape index (κ3) is 5.17. The molecular weight excluding hydrogens is 623 g/mol. The molecule has 0 unspecified atom stereocenters. The van der Waals surface area contributed by atoms with Crippen LogP contribution < -0.4 is 0 Å². The molecule has 0 fully saturated rings. The highest BCUT2D eigenvalue weighted by Crippen LogP contribution is 2.51. The molecule has 0 atom stereocenters. The smallest absolute Gasteiger partial charge is 0.193 e. The van der Waals surface area contributed by atoms with Crippen molar-refractivity contribution in [2.45, 2.75) is 5.41 Å². The maximum Gasteiger partial charge on any atom is 0.193 e. The molecule has 0 saturated heterocycles. The van der Waals surface area contributed by atoms with Crippen LogP contribution in [0.2, 0.25) is 0 Å². The number of hydrogen-bond acceptors (Lipinski definition) is 4. The van der Waals surface area contributed by atoms with E-state index in [0.29, 0.717) is 23.0 Å². The summed E-state index contributed by atoms with van der Waals surface area (Å²) in [6.45, 7) is 0. The Hall–Kier alpha value is -6.78. The maximum atomic E-state index is 14.2. The van der Waals surface area contributed by atoms with Crippen molar-refractivity contribution in [3.05, 3.63) is 221 Å². The molecular formula is C47H31N3O. The summed E-state index contributed by atoms with van der Waals surface area (Å²) in [6, 6.07) is 63.7. The molecule has 0 saturated carbocycles. The predicted octanol–water partition coefficient (Wildman–Crippen LogP) is 10.5. The normalized spacial score (nSPS) is 12.9. The molecule has 1 aromatic heterocycles. The highest BCUT2D eigenvalue weighted by molar-refractivity contribution is 6.14. The average molecular weight is 654 g/mol. The van der Waals surface area contributed by atoms with E-state index in [1.54, 1.807) is 0 Å². The van der Waals surface area contributed by atoms with E-state index >= 15 is 0 Å². The number of fused-ring (bicyclic) bond motifs is 2. The first-order chi connectivity index (χ1) is 25.2. The van der Waals surface area contributed by atoms with Crippen molar-refractivity contribution in [3.8, 4) is 45.3 Å². The van der Waals surface area contributed by atoms with Gasteiger partial charge in [0.05, 0.1) is 5.41 Å². The fraction of sp³-hybridized carbons (Fsp3) is 0.0213. The summed E-state index contributed by atoms with van der Waals surface area (Å²) in [5.74, 6) is 1.86. The van der Waals surface area contributed by atoms with E-state index in [4.69, 9.17) is 15.0 Å². The largest absolute Gasteiger partial charge is 0.289 e. The van der Waals surface area contributed by atoms with E-state index in [0.717, 1.165) is 55.6 Å². The Morgan fingerprint density at radius 2 is 0.765 bits per heavy atom. The standard InChI is InChI=1S/C47H31N3O/c51-43-39-26-13-14-27-41(39)47(37-22-9-3-10-23-37,38-24-11-4-12-25-38)42-31-35(28-29-40(42)43)34-20-15-21-36(30-34)46-49-44(32-16-5-1-6-17-32)48-45(50-46)33-18-7-2-8-19-33/h1-31H. The molecule has 0 spiro atoms. The minimum atomic E-state index is -0.709. The van der Waals surface area contributed by atoms with Gasteiger partial charge in [-0.3, -0.25) is 4.79 Å². The van der Waals surface area contributed by atoms with E-state index in [9.17, 15) is 4.79 Å². The Bertz CT molecular complexity index is 2430. The minimum Gasteiger partial charge on any atom is -0.289 e. The topological polar surface area (TPSA) is 55.7 Å². The molecule has 1 aliphatic rings. The quantitative estimate of drug-likeness (QED) is 0.179. The molecule has 0 radical (unpaired) electrons. The van der Waals surface area contributed by atoms with E-state index < -0.39 is 5.41 Å². The van der Waals surface area contributed by atoms with Gasteiger partial charge in [-0.05, 0) is 45.5 Å². The van der Waals surface area contributed by atoms with Gasteiger partial charge < -0.3 is 0 Å². The van der Waals surface area contributed by atoms with Crippen LogP contribution in [0.3, 0.4) is 0 Å². The van der Waals surface area contributed by atoms with Crippen LogP contribution in [0.5, 0.6) is 0 Å². The molecule has 240 valence electrons. The molecule has 51 heavy (non-hydrogen) atoms. The van der Waals surface area contributed by atoms with Gasteiger partial charge in [0.1, 0.15) is 0 Å². The Morgan fingerprint density at radius 3 is 1.35 bits per heavy atom. The zero-order valence-electron chi connectivity index (χ0n) is 27.6. The lowest BCUT2D eigenvalue weighted by Crippen LogP contribution is -2.38. The number of carbonyl (C=O) groups excluding carboxylic acids is 1. The van der Waals surface area contributed by atoms with Gasteiger partial charge in [-0.15, -0.1) is 0 Å². The summed E-state index contributed by atoms with van der Waals surface area (Å²) in [5, 5.41) is 0. The second-order valence-corrected chi connectivity index (χ2v) is 12.7. The van der Waals surface area contributed by atoms with Crippen LogP contribution >= 0.6 is 0 Å². The second kappa shape index (κ2) is 12.6. The van der Waals surface area contributed by atoms with Crippen LogP contribution in [-0.4, -0.2) is 20.7 Å². The SMILES string of the molecule is O=C1c2ccccc2C(c2ccccc2)(c2ccccc2)c2cc(-c3cccc(-c4nc(-c5ccccc5)nc(-c5ccccc5)n4)c3)ccc21. The van der Waals surface area contributed by atoms with Crippen molar-refractivity contribution >= 4 is 5.78 Å².